The van der Waals surface area contributed by atoms with Crippen molar-refractivity contribution in [3.8, 4) is 0 Å². The number of guanidine groups is 1. The lowest BCUT2D eigenvalue weighted by molar-refractivity contribution is 0.0925. The van der Waals surface area contributed by atoms with Crippen molar-refractivity contribution in [1.29, 1.82) is 0 Å². The molecule has 0 saturated carbocycles. The highest BCUT2D eigenvalue weighted by atomic mass is 32.2. The van der Waals surface area contributed by atoms with Crippen LogP contribution in [-0.2, 0) is 0 Å². The lowest BCUT2D eigenvalue weighted by Gasteiger charge is -2.12. The van der Waals surface area contributed by atoms with Crippen LogP contribution < -0.4 is 16.0 Å². The van der Waals surface area contributed by atoms with Gasteiger partial charge in [-0.25, -0.2) is 0 Å². The maximum absolute atomic E-state index is 11.9. The summed E-state index contributed by atoms with van der Waals surface area (Å²) in [5.74, 6) is 2.36. The Morgan fingerprint density at radius 3 is 2.88 bits per heavy atom. The van der Waals surface area contributed by atoms with Crippen LogP contribution in [0.25, 0.3) is 0 Å². The molecule has 134 valence electrons. The second-order valence-corrected chi connectivity index (χ2v) is 7.23. The normalized spacial score (nSPS) is 17.8. The van der Waals surface area contributed by atoms with E-state index in [1.54, 1.807) is 6.07 Å². The molecule has 1 aliphatic rings. The maximum atomic E-state index is 11.9. The molecule has 0 aromatic carbocycles. The fourth-order valence-electron chi connectivity index (χ4n) is 2.51. The van der Waals surface area contributed by atoms with Crippen molar-refractivity contribution in [2.45, 2.75) is 38.4 Å². The van der Waals surface area contributed by atoms with Crippen LogP contribution in [-0.4, -0.2) is 49.0 Å². The molecule has 0 bridgehead atoms. The highest BCUT2D eigenvalue weighted by Crippen LogP contribution is 2.25. The third-order valence-electron chi connectivity index (χ3n) is 3.82. The van der Waals surface area contributed by atoms with Crippen LogP contribution >= 0.6 is 11.8 Å². The largest absolute Gasteiger partial charge is 0.459 e. The molecule has 1 fully saturated rings. The summed E-state index contributed by atoms with van der Waals surface area (Å²) in [7, 11) is 0. The number of thioether (sulfide) groups is 1. The zero-order valence-corrected chi connectivity index (χ0v) is 15.4. The zero-order chi connectivity index (χ0) is 17.2. The Balaban J connectivity index is 1.64. The Bertz CT molecular complexity index is 538. The lowest BCUT2D eigenvalue weighted by atomic mass is 10.2. The van der Waals surface area contributed by atoms with Crippen molar-refractivity contribution >= 4 is 23.6 Å². The van der Waals surface area contributed by atoms with E-state index in [2.05, 4.69) is 27.9 Å². The Morgan fingerprint density at radius 1 is 1.38 bits per heavy atom. The van der Waals surface area contributed by atoms with Crippen molar-refractivity contribution in [2.24, 2.45) is 4.99 Å². The number of nitrogens with zero attached hydrogens (tertiary/aromatic N) is 1. The van der Waals surface area contributed by atoms with Gasteiger partial charge in [-0.2, -0.15) is 11.8 Å². The first kappa shape index (κ1) is 18.7. The fraction of sp³-hybridized carbons (Fsp3) is 0.647. The summed E-state index contributed by atoms with van der Waals surface area (Å²) in [4.78, 5) is 16.6. The van der Waals surface area contributed by atoms with E-state index in [0.717, 1.165) is 37.6 Å². The number of hydrogen-bond donors (Lipinski definition) is 3. The minimum absolute atomic E-state index is 0.156. The summed E-state index contributed by atoms with van der Waals surface area (Å²) in [6.07, 6.45) is 4.94. The minimum atomic E-state index is -0.156. The number of aliphatic imine (C=N–C) groups is 1. The van der Waals surface area contributed by atoms with Gasteiger partial charge in [0.25, 0.3) is 5.91 Å². The lowest BCUT2D eigenvalue weighted by Crippen LogP contribution is -2.39. The Labute approximate surface area is 148 Å². The number of nitrogens with one attached hydrogen (secondary N) is 3. The Morgan fingerprint density at radius 2 is 2.21 bits per heavy atom. The number of carbonyl (C=O) groups excluding carboxylic acids is 1. The van der Waals surface area contributed by atoms with Crippen LogP contribution in [0.3, 0.4) is 0 Å². The molecule has 1 unspecified atom stereocenters. The molecule has 0 aliphatic carbocycles. The number of aryl methyl sites for hydroxylation is 1. The van der Waals surface area contributed by atoms with Crippen LogP contribution in [0.2, 0.25) is 0 Å². The van der Waals surface area contributed by atoms with Gasteiger partial charge in [0.15, 0.2) is 11.7 Å². The second-order valence-electron chi connectivity index (χ2n) is 5.82. The predicted molar refractivity (Wildman–Crippen MR) is 99.9 cm³/mol. The molecule has 3 N–H and O–H groups in total. The quantitative estimate of drug-likeness (QED) is 0.380. The van der Waals surface area contributed by atoms with Gasteiger partial charge in [0.2, 0.25) is 0 Å². The van der Waals surface area contributed by atoms with Crippen LogP contribution in [0, 0.1) is 6.92 Å². The van der Waals surface area contributed by atoms with Crippen molar-refractivity contribution in [3.63, 3.8) is 0 Å². The van der Waals surface area contributed by atoms with E-state index < -0.39 is 0 Å². The summed E-state index contributed by atoms with van der Waals surface area (Å²) in [5, 5.41) is 10.1. The molecule has 6 nitrogen and oxygen atoms in total. The SMILES string of the molecule is CCNC(=NCC1CCCS1)NCCCNC(=O)c1occc1C. The molecule has 1 atom stereocenters. The first-order valence-corrected chi connectivity index (χ1v) is 9.71. The first-order chi connectivity index (χ1) is 11.7. The van der Waals surface area contributed by atoms with Crippen LogP contribution in [0.5, 0.6) is 0 Å². The summed E-state index contributed by atoms with van der Waals surface area (Å²) in [6.45, 7) is 7.01. The highest BCUT2D eigenvalue weighted by Gasteiger charge is 2.15. The molecule has 1 aromatic heterocycles. The molecule has 0 radical (unpaired) electrons. The van der Waals surface area contributed by atoms with E-state index in [-0.39, 0.29) is 5.91 Å². The molecule has 1 saturated heterocycles. The van der Waals surface area contributed by atoms with Gasteiger partial charge in [0, 0.05) is 30.4 Å². The average Bonchev–Trinajstić information content (AvgIpc) is 3.23. The summed E-state index contributed by atoms with van der Waals surface area (Å²) < 4.78 is 5.18. The monoisotopic (exact) mass is 352 g/mol. The molecule has 1 aromatic rings. The maximum Gasteiger partial charge on any atom is 0.287 e. The second kappa shape index (κ2) is 10.3. The molecular formula is C17H28N4O2S. The molecule has 24 heavy (non-hydrogen) atoms. The third kappa shape index (κ3) is 6.11. The van der Waals surface area contributed by atoms with E-state index in [9.17, 15) is 4.79 Å². The number of carbonyl (C=O) groups is 1. The molecule has 1 amide bonds. The smallest absolute Gasteiger partial charge is 0.287 e. The van der Waals surface area contributed by atoms with Gasteiger partial charge >= 0.3 is 0 Å². The van der Waals surface area contributed by atoms with Crippen LogP contribution in [0.4, 0.5) is 0 Å². The van der Waals surface area contributed by atoms with Gasteiger partial charge in [0.05, 0.1) is 12.8 Å². The topological polar surface area (TPSA) is 78.7 Å². The highest BCUT2D eigenvalue weighted by molar-refractivity contribution is 8.00. The van der Waals surface area contributed by atoms with Gasteiger partial charge in [0.1, 0.15) is 0 Å². The van der Waals surface area contributed by atoms with Crippen molar-refractivity contribution in [1.82, 2.24) is 16.0 Å². The van der Waals surface area contributed by atoms with Gasteiger partial charge in [-0.1, -0.05) is 0 Å². The molecular weight excluding hydrogens is 324 g/mol. The molecule has 0 spiro atoms. The average molecular weight is 353 g/mol. The van der Waals surface area contributed by atoms with Crippen LogP contribution in [0.15, 0.2) is 21.7 Å². The van der Waals surface area contributed by atoms with E-state index in [1.165, 1.54) is 24.9 Å². The third-order valence-corrected chi connectivity index (χ3v) is 5.20. The summed E-state index contributed by atoms with van der Waals surface area (Å²) >= 11 is 2.02. The summed E-state index contributed by atoms with van der Waals surface area (Å²) in [6, 6.07) is 1.79. The zero-order valence-electron chi connectivity index (χ0n) is 14.6. The van der Waals surface area contributed by atoms with E-state index in [1.807, 2.05) is 18.7 Å². The van der Waals surface area contributed by atoms with Crippen molar-refractivity contribution < 1.29 is 9.21 Å². The fourth-order valence-corrected chi connectivity index (χ4v) is 3.69. The number of furan rings is 1. The first-order valence-electron chi connectivity index (χ1n) is 8.66. The number of rotatable bonds is 8. The van der Waals surface area contributed by atoms with Crippen LogP contribution in [0.1, 0.15) is 42.3 Å². The predicted octanol–water partition coefficient (Wildman–Crippen LogP) is 2.16. The molecule has 7 heteroatoms. The Kier molecular flexibility index (Phi) is 8.01. The Hall–Kier alpha value is -1.63. The molecule has 2 rings (SSSR count). The van der Waals surface area contributed by atoms with Crippen molar-refractivity contribution in [2.75, 3.05) is 31.9 Å². The van der Waals surface area contributed by atoms with Gasteiger partial charge in [-0.15, -0.1) is 0 Å². The molecule has 1 aliphatic heterocycles. The van der Waals surface area contributed by atoms with E-state index in [4.69, 9.17) is 4.42 Å². The van der Waals surface area contributed by atoms with Gasteiger partial charge < -0.3 is 20.4 Å². The van der Waals surface area contributed by atoms with E-state index >= 15 is 0 Å². The van der Waals surface area contributed by atoms with E-state index in [0.29, 0.717) is 17.6 Å². The standard InChI is InChI=1S/C17H28N4O2S/c1-3-18-17(21-12-14-6-4-11-24-14)20-9-5-8-19-16(22)15-13(2)7-10-23-15/h7,10,14H,3-6,8-9,11-12H2,1-2H3,(H,19,22)(H2,18,20,21). The molecule has 2 heterocycles. The number of hydrogen-bond acceptors (Lipinski definition) is 4. The van der Waals surface area contributed by atoms with Crippen molar-refractivity contribution in [3.05, 3.63) is 23.7 Å². The number of amides is 1. The summed E-state index contributed by atoms with van der Waals surface area (Å²) in [5.41, 5.74) is 0.858. The minimum Gasteiger partial charge on any atom is -0.459 e. The van der Waals surface area contributed by atoms with Gasteiger partial charge in [-0.05, 0) is 44.9 Å². The van der Waals surface area contributed by atoms with Gasteiger partial charge in [-0.3, -0.25) is 9.79 Å².